The molecule has 1 saturated carbocycles. The van der Waals surface area contributed by atoms with Gasteiger partial charge in [-0.1, -0.05) is 36.4 Å². The van der Waals surface area contributed by atoms with Crippen molar-refractivity contribution in [3.05, 3.63) is 66.7 Å². The third-order valence-electron chi connectivity index (χ3n) is 5.04. The Morgan fingerprint density at radius 3 is 2.43 bits per heavy atom. The van der Waals surface area contributed by atoms with Gasteiger partial charge in [0.2, 0.25) is 15.9 Å². The second-order valence-corrected chi connectivity index (χ2v) is 9.12. The lowest BCUT2D eigenvalue weighted by Crippen LogP contribution is -2.39. The van der Waals surface area contributed by atoms with Gasteiger partial charge in [0, 0.05) is 17.1 Å². The minimum Gasteiger partial charge on any atom is -0.494 e. The van der Waals surface area contributed by atoms with Crippen LogP contribution in [0.3, 0.4) is 0 Å². The van der Waals surface area contributed by atoms with Crippen LogP contribution in [0, 0.1) is 0 Å². The van der Waals surface area contributed by atoms with Gasteiger partial charge in [-0.15, -0.1) is 0 Å². The van der Waals surface area contributed by atoms with E-state index in [-0.39, 0.29) is 23.4 Å². The van der Waals surface area contributed by atoms with Gasteiger partial charge in [-0.25, -0.2) is 8.42 Å². The summed E-state index contributed by atoms with van der Waals surface area (Å²) in [6.07, 6.45) is 1.53. The highest BCUT2D eigenvalue weighted by molar-refractivity contribution is 7.89. The van der Waals surface area contributed by atoms with Gasteiger partial charge >= 0.3 is 0 Å². The second-order valence-electron chi connectivity index (χ2n) is 7.26. The van der Waals surface area contributed by atoms with E-state index in [0.717, 1.165) is 18.2 Å². The number of carbonyl (C=O) groups is 1. The molecule has 1 aliphatic rings. The Hall–Kier alpha value is -2.90. The first kappa shape index (κ1) is 20.4. The number of amides is 1. The topological polar surface area (TPSA) is 75.7 Å². The molecule has 0 atom stereocenters. The molecular formula is C23H24N2O4S. The number of nitrogens with zero attached hydrogens (tertiary/aromatic N) is 1. The quantitative estimate of drug-likeness (QED) is 0.592. The SMILES string of the molecule is CCOc1ccc(NC(=O)CN(C2CC2)S(=O)(=O)c2cccc3ccccc23)cc1. The highest BCUT2D eigenvalue weighted by atomic mass is 32.2. The molecular weight excluding hydrogens is 400 g/mol. The molecule has 0 radical (unpaired) electrons. The van der Waals surface area contributed by atoms with Crippen molar-refractivity contribution in [1.82, 2.24) is 4.31 Å². The van der Waals surface area contributed by atoms with Crippen molar-refractivity contribution in [2.75, 3.05) is 18.5 Å². The van der Waals surface area contributed by atoms with Crippen molar-refractivity contribution < 1.29 is 17.9 Å². The number of hydrogen-bond donors (Lipinski definition) is 1. The van der Waals surface area contributed by atoms with Crippen LogP contribution in [-0.2, 0) is 14.8 Å². The summed E-state index contributed by atoms with van der Waals surface area (Å²) in [7, 11) is -3.81. The van der Waals surface area contributed by atoms with Crippen LogP contribution in [0.1, 0.15) is 19.8 Å². The predicted octanol–water partition coefficient (Wildman–Crippen LogP) is 4.03. The fourth-order valence-corrected chi connectivity index (χ4v) is 5.32. The largest absolute Gasteiger partial charge is 0.494 e. The molecule has 1 N–H and O–H groups in total. The molecule has 0 bridgehead atoms. The molecule has 0 aromatic heterocycles. The van der Waals surface area contributed by atoms with Crippen molar-refractivity contribution in [2.45, 2.75) is 30.7 Å². The van der Waals surface area contributed by atoms with E-state index in [1.807, 2.05) is 31.2 Å². The monoisotopic (exact) mass is 424 g/mol. The molecule has 4 rings (SSSR count). The standard InChI is InChI=1S/C23H24N2O4S/c1-2-29-20-14-10-18(11-15-20)24-23(26)16-25(19-12-13-19)30(27,28)22-9-5-7-17-6-3-4-8-21(17)22/h3-11,14-15,19H,2,12-13,16H2,1H3,(H,24,26). The Kier molecular flexibility index (Phi) is 5.74. The first-order chi connectivity index (χ1) is 14.5. The molecule has 6 nitrogen and oxygen atoms in total. The van der Waals surface area contributed by atoms with Crippen LogP contribution >= 0.6 is 0 Å². The van der Waals surface area contributed by atoms with Crippen LogP contribution in [0.15, 0.2) is 71.6 Å². The molecule has 156 valence electrons. The van der Waals surface area contributed by atoms with Crippen molar-refractivity contribution in [3.8, 4) is 5.75 Å². The summed E-state index contributed by atoms with van der Waals surface area (Å²) < 4.78 is 33.7. The van der Waals surface area contributed by atoms with Crippen molar-refractivity contribution >= 4 is 32.4 Å². The van der Waals surface area contributed by atoms with Crippen LogP contribution in [0.4, 0.5) is 5.69 Å². The van der Waals surface area contributed by atoms with Gasteiger partial charge in [0.05, 0.1) is 18.0 Å². The van der Waals surface area contributed by atoms with Gasteiger partial charge < -0.3 is 10.1 Å². The Morgan fingerprint density at radius 1 is 1.03 bits per heavy atom. The molecule has 0 heterocycles. The number of sulfonamides is 1. The first-order valence-corrected chi connectivity index (χ1v) is 11.5. The third kappa shape index (κ3) is 4.32. The molecule has 1 aliphatic carbocycles. The predicted molar refractivity (Wildman–Crippen MR) is 117 cm³/mol. The van der Waals surface area contributed by atoms with Gasteiger partial charge in [-0.3, -0.25) is 4.79 Å². The van der Waals surface area contributed by atoms with Gasteiger partial charge in [-0.05, 0) is 55.5 Å². The van der Waals surface area contributed by atoms with E-state index in [0.29, 0.717) is 23.4 Å². The Bertz CT molecular complexity index is 1150. The second kappa shape index (κ2) is 8.45. The van der Waals surface area contributed by atoms with E-state index < -0.39 is 10.0 Å². The molecule has 7 heteroatoms. The Balaban J connectivity index is 1.55. The number of benzene rings is 3. The van der Waals surface area contributed by atoms with Crippen LogP contribution in [0.2, 0.25) is 0 Å². The van der Waals surface area contributed by atoms with Crippen LogP contribution < -0.4 is 10.1 Å². The van der Waals surface area contributed by atoms with E-state index in [1.165, 1.54) is 4.31 Å². The van der Waals surface area contributed by atoms with Crippen LogP contribution in [0.5, 0.6) is 5.75 Å². The average Bonchev–Trinajstić information content (AvgIpc) is 3.58. The fourth-order valence-electron chi connectivity index (χ4n) is 3.46. The zero-order valence-electron chi connectivity index (χ0n) is 16.7. The molecule has 1 amide bonds. The molecule has 0 aliphatic heterocycles. The van der Waals surface area contributed by atoms with Crippen molar-refractivity contribution in [2.24, 2.45) is 0 Å². The smallest absolute Gasteiger partial charge is 0.244 e. The third-order valence-corrected chi connectivity index (χ3v) is 7.00. The lowest BCUT2D eigenvalue weighted by molar-refractivity contribution is -0.116. The molecule has 0 unspecified atom stereocenters. The number of carbonyl (C=O) groups excluding carboxylic acids is 1. The summed E-state index contributed by atoms with van der Waals surface area (Å²) in [5, 5.41) is 4.30. The van der Waals surface area contributed by atoms with Gasteiger partial charge in [0.15, 0.2) is 0 Å². The van der Waals surface area contributed by atoms with Gasteiger partial charge in [-0.2, -0.15) is 4.31 Å². The number of fused-ring (bicyclic) bond motifs is 1. The first-order valence-electron chi connectivity index (χ1n) is 10.0. The van der Waals surface area contributed by atoms with Crippen molar-refractivity contribution in [1.29, 1.82) is 0 Å². The maximum absolute atomic E-state index is 13.5. The maximum Gasteiger partial charge on any atom is 0.244 e. The molecule has 30 heavy (non-hydrogen) atoms. The van der Waals surface area contributed by atoms with Gasteiger partial charge in [0.25, 0.3) is 0 Å². The van der Waals surface area contributed by atoms with E-state index in [2.05, 4.69) is 5.32 Å². The summed E-state index contributed by atoms with van der Waals surface area (Å²) in [5.74, 6) is 0.350. The Morgan fingerprint density at radius 2 is 1.73 bits per heavy atom. The fraction of sp³-hybridized carbons (Fsp3) is 0.261. The summed E-state index contributed by atoms with van der Waals surface area (Å²) in [5.41, 5.74) is 0.599. The molecule has 0 spiro atoms. The zero-order valence-corrected chi connectivity index (χ0v) is 17.6. The summed E-state index contributed by atoms with van der Waals surface area (Å²) >= 11 is 0. The summed E-state index contributed by atoms with van der Waals surface area (Å²) in [6.45, 7) is 2.25. The van der Waals surface area contributed by atoms with E-state index in [9.17, 15) is 13.2 Å². The molecule has 0 saturated heterocycles. The van der Waals surface area contributed by atoms with Crippen molar-refractivity contribution in [3.63, 3.8) is 0 Å². The van der Waals surface area contributed by atoms with Crippen LogP contribution in [-0.4, -0.2) is 37.8 Å². The zero-order chi connectivity index (χ0) is 21.1. The number of hydrogen-bond acceptors (Lipinski definition) is 4. The average molecular weight is 425 g/mol. The maximum atomic E-state index is 13.5. The van der Waals surface area contributed by atoms with Gasteiger partial charge in [0.1, 0.15) is 5.75 Å². The van der Waals surface area contributed by atoms with E-state index in [1.54, 1.807) is 42.5 Å². The lowest BCUT2D eigenvalue weighted by Gasteiger charge is -2.22. The molecule has 1 fully saturated rings. The molecule has 3 aromatic rings. The number of anilines is 1. The van der Waals surface area contributed by atoms with Crippen LogP contribution in [0.25, 0.3) is 10.8 Å². The number of nitrogens with one attached hydrogen (secondary N) is 1. The lowest BCUT2D eigenvalue weighted by atomic mass is 10.1. The van der Waals surface area contributed by atoms with E-state index >= 15 is 0 Å². The minimum absolute atomic E-state index is 0.139. The molecule has 3 aromatic carbocycles. The summed E-state index contributed by atoms with van der Waals surface area (Å²) in [6, 6.07) is 19.5. The number of ether oxygens (including phenoxy) is 1. The van der Waals surface area contributed by atoms with E-state index in [4.69, 9.17) is 4.74 Å². The number of rotatable bonds is 8. The highest BCUT2D eigenvalue weighted by Gasteiger charge is 2.39. The minimum atomic E-state index is -3.81. The highest BCUT2D eigenvalue weighted by Crippen LogP contribution is 2.34. The summed E-state index contributed by atoms with van der Waals surface area (Å²) in [4.78, 5) is 12.9. The Labute approximate surface area is 176 Å². The normalized spacial score (nSPS) is 14.1.